The van der Waals surface area contributed by atoms with E-state index in [0.29, 0.717) is 5.69 Å². The van der Waals surface area contributed by atoms with Gasteiger partial charge in [-0.15, -0.1) is 0 Å². The third-order valence-corrected chi connectivity index (χ3v) is 5.21. The zero-order valence-electron chi connectivity index (χ0n) is 11.4. The molecule has 2 aromatic carbocycles. The van der Waals surface area contributed by atoms with Gasteiger partial charge in [0.25, 0.3) is 15.9 Å². The molecule has 0 bridgehead atoms. The summed E-state index contributed by atoms with van der Waals surface area (Å²) in [7, 11) is -3.87. The molecule has 0 fully saturated rings. The fourth-order valence-corrected chi connectivity index (χ4v) is 3.52. The lowest BCUT2D eigenvalue weighted by Gasteiger charge is -2.23. The Bertz CT molecular complexity index is 749. The smallest absolute Gasteiger partial charge is 0.264 e. The molecule has 0 heterocycles. The summed E-state index contributed by atoms with van der Waals surface area (Å²) in [4.78, 5) is 11.7. The van der Waals surface area contributed by atoms with E-state index in [2.05, 4.69) is 15.9 Å². The van der Waals surface area contributed by atoms with Crippen LogP contribution in [0.5, 0.6) is 0 Å². The molecule has 0 radical (unpaired) electrons. The van der Waals surface area contributed by atoms with Gasteiger partial charge in [0, 0.05) is 4.47 Å². The van der Waals surface area contributed by atoms with Crippen molar-refractivity contribution in [3.05, 3.63) is 59.1 Å². The minimum atomic E-state index is -3.87. The number of hydrogen-bond donors (Lipinski definition) is 2. The van der Waals surface area contributed by atoms with Gasteiger partial charge in [-0.2, -0.15) is 0 Å². The zero-order valence-corrected chi connectivity index (χ0v) is 13.8. The number of nitrogens with one attached hydrogen (secondary N) is 1. The number of anilines is 1. The summed E-state index contributed by atoms with van der Waals surface area (Å²) in [5.74, 6) is 4.47. The van der Waals surface area contributed by atoms with E-state index in [4.69, 9.17) is 5.84 Å². The van der Waals surface area contributed by atoms with Gasteiger partial charge >= 0.3 is 0 Å². The number of amides is 1. The number of benzene rings is 2. The van der Waals surface area contributed by atoms with E-state index in [-0.39, 0.29) is 4.90 Å². The maximum absolute atomic E-state index is 12.8. The number of rotatable bonds is 5. The summed E-state index contributed by atoms with van der Waals surface area (Å²) >= 11 is 3.29. The molecule has 3 N–H and O–H groups in total. The molecule has 0 saturated carbocycles. The van der Waals surface area contributed by atoms with Gasteiger partial charge in [-0.3, -0.25) is 14.5 Å². The highest BCUT2D eigenvalue weighted by Crippen LogP contribution is 2.25. The van der Waals surface area contributed by atoms with E-state index in [1.165, 1.54) is 12.1 Å². The van der Waals surface area contributed by atoms with Crippen LogP contribution in [0.4, 0.5) is 5.69 Å². The van der Waals surface area contributed by atoms with Gasteiger partial charge in [-0.05, 0) is 36.4 Å². The molecule has 0 aliphatic carbocycles. The fraction of sp³-hybridized carbons (Fsp3) is 0.0714. The average Bonchev–Trinajstić information content (AvgIpc) is 2.54. The van der Waals surface area contributed by atoms with Crippen LogP contribution >= 0.6 is 15.9 Å². The molecule has 0 aromatic heterocycles. The number of nitrogens with two attached hydrogens (primary N) is 1. The Balaban J connectivity index is 2.48. The lowest BCUT2D eigenvalue weighted by Crippen LogP contribution is -2.43. The zero-order chi connectivity index (χ0) is 16.2. The largest absolute Gasteiger partial charge is 0.293 e. The Morgan fingerprint density at radius 2 is 1.68 bits per heavy atom. The number of nitrogens with zero attached hydrogens (tertiary/aromatic N) is 1. The molecule has 0 spiro atoms. The van der Waals surface area contributed by atoms with E-state index >= 15 is 0 Å². The Morgan fingerprint density at radius 1 is 1.09 bits per heavy atom. The lowest BCUT2D eigenvalue weighted by molar-refractivity contribution is -0.119. The quantitative estimate of drug-likeness (QED) is 0.466. The van der Waals surface area contributed by atoms with Gasteiger partial charge in [0.05, 0.1) is 10.6 Å². The number of halogens is 1. The first-order valence-electron chi connectivity index (χ1n) is 6.28. The third kappa shape index (κ3) is 3.65. The van der Waals surface area contributed by atoms with E-state index in [1.807, 2.05) is 5.43 Å². The number of sulfonamides is 1. The van der Waals surface area contributed by atoms with Crippen LogP contribution in [0.15, 0.2) is 64.0 Å². The lowest BCUT2D eigenvalue weighted by atomic mass is 10.3. The van der Waals surface area contributed by atoms with Gasteiger partial charge < -0.3 is 0 Å². The van der Waals surface area contributed by atoms with Crippen molar-refractivity contribution in [3.8, 4) is 0 Å². The second kappa shape index (κ2) is 6.91. The normalized spacial score (nSPS) is 11.0. The van der Waals surface area contributed by atoms with Crippen LogP contribution in [0.1, 0.15) is 0 Å². The van der Waals surface area contributed by atoms with E-state index in [0.717, 1.165) is 8.78 Å². The van der Waals surface area contributed by atoms with Crippen LogP contribution < -0.4 is 15.6 Å². The molecule has 2 rings (SSSR count). The third-order valence-electron chi connectivity index (χ3n) is 2.89. The minimum absolute atomic E-state index is 0.0998. The average molecular weight is 384 g/mol. The fourth-order valence-electron chi connectivity index (χ4n) is 1.82. The number of hydrogen-bond acceptors (Lipinski definition) is 4. The van der Waals surface area contributed by atoms with Crippen molar-refractivity contribution in [1.29, 1.82) is 0 Å². The SMILES string of the molecule is NNC(=O)CN(c1ccc(Br)cc1)S(=O)(=O)c1ccccc1. The molecule has 2 aromatic rings. The van der Waals surface area contributed by atoms with Gasteiger partial charge in [0.1, 0.15) is 6.54 Å². The van der Waals surface area contributed by atoms with Crippen LogP contribution in [-0.4, -0.2) is 20.9 Å². The Hall–Kier alpha value is -1.90. The molecule has 0 saturated heterocycles. The van der Waals surface area contributed by atoms with Gasteiger partial charge in [-0.25, -0.2) is 14.3 Å². The minimum Gasteiger partial charge on any atom is -0.293 e. The predicted molar refractivity (Wildman–Crippen MR) is 87.4 cm³/mol. The summed E-state index contributed by atoms with van der Waals surface area (Å²) in [6, 6.07) is 14.5. The first-order chi connectivity index (χ1) is 10.4. The van der Waals surface area contributed by atoms with Crippen LogP contribution in [0.2, 0.25) is 0 Å². The molecule has 1 amide bonds. The van der Waals surface area contributed by atoms with Crippen molar-refractivity contribution >= 4 is 37.5 Å². The van der Waals surface area contributed by atoms with Gasteiger partial charge in [0.2, 0.25) is 0 Å². The van der Waals surface area contributed by atoms with E-state index < -0.39 is 22.5 Å². The van der Waals surface area contributed by atoms with Gasteiger partial charge in [0.15, 0.2) is 0 Å². The highest BCUT2D eigenvalue weighted by Gasteiger charge is 2.26. The first kappa shape index (κ1) is 16.5. The Kier molecular flexibility index (Phi) is 5.17. The molecule has 0 unspecified atom stereocenters. The molecular weight excluding hydrogens is 370 g/mol. The topological polar surface area (TPSA) is 92.5 Å². The number of carbonyl (C=O) groups is 1. The van der Waals surface area contributed by atoms with Crippen LogP contribution in [0.25, 0.3) is 0 Å². The van der Waals surface area contributed by atoms with Crippen LogP contribution in [0, 0.1) is 0 Å². The van der Waals surface area contributed by atoms with Crippen molar-refractivity contribution in [2.75, 3.05) is 10.8 Å². The van der Waals surface area contributed by atoms with E-state index in [9.17, 15) is 13.2 Å². The standard InChI is InChI=1S/C14H14BrN3O3S/c15-11-6-8-12(9-7-11)18(10-14(19)17-16)22(20,21)13-4-2-1-3-5-13/h1-9H,10,16H2,(H,17,19). The monoisotopic (exact) mass is 383 g/mol. The van der Waals surface area contributed by atoms with Crippen molar-refractivity contribution < 1.29 is 13.2 Å². The van der Waals surface area contributed by atoms with Crippen molar-refractivity contribution in [2.24, 2.45) is 5.84 Å². The summed E-state index contributed by atoms with van der Waals surface area (Å²) in [6.07, 6.45) is 0. The summed E-state index contributed by atoms with van der Waals surface area (Å²) < 4.78 is 27.3. The predicted octanol–water partition coefficient (Wildman–Crippen LogP) is 1.63. The highest BCUT2D eigenvalue weighted by molar-refractivity contribution is 9.10. The summed E-state index contributed by atoms with van der Waals surface area (Å²) in [5, 5.41) is 0. The van der Waals surface area contributed by atoms with Gasteiger partial charge in [-0.1, -0.05) is 34.1 Å². The van der Waals surface area contributed by atoms with Crippen molar-refractivity contribution in [2.45, 2.75) is 4.90 Å². The molecule has 116 valence electrons. The van der Waals surface area contributed by atoms with Crippen molar-refractivity contribution in [3.63, 3.8) is 0 Å². The van der Waals surface area contributed by atoms with Crippen LogP contribution in [0.3, 0.4) is 0 Å². The molecule has 0 atom stereocenters. The summed E-state index contributed by atoms with van der Waals surface area (Å²) in [6.45, 7) is -0.407. The molecule has 0 aliphatic heterocycles. The number of carbonyl (C=O) groups excluding carboxylic acids is 1. The molecule has 6 nitrogen and oxygen atoms in total. The molecule has 8 heteroatoms. The van der Waals surface area contributed by atoms with E-state index in [1.54, 1.807) is 42.5 Å². The maximum atomic E-state index is 12.8. The number of hydrazine groups is 1. The summed E-state index contributed by atoms with van der Waals surface area (Å²) in [5.41, 5.74) is 2.32. The second-order valence-electron chi connectivity index (χ2n) is 4.37. The molecule has 22 heavy (non-hydrogen) atoms. The van der Waals surface area contributed by atoms with Crippen LogP contribution in [-0.2, 0) is 14.8 Å². The highest BCUT2D eigenvalue weighted by atomic mass is 79.9. The Labute approximate surface area is 137 Å². The molecule has 0 aliphatic rings. The maximum Gasteiger partial charge on any atom is 0.264 e. The van der Waals surface area contributed by atoms with Crippen molar-refractivity contribution in [1.82, 2.24) is 5.43 Å². The first-order valence-corrected chi connectivity index (χ1v) is 8.51. The Morgan fingerprint density at radius 3 is 2.23 bits per heavy atom. The second-order valence-corrected chi connectivity index (χ2v) is 7.15. The molecular formula is C14H14BrN3O3S.